The van der Waals surface area contributed by atoms with Crippen molar-refractivity contribution in [1.29, 1.82) is 0 Å². The average Bonchev–Trinajstić information content (AvgIpc) is 2.26. The standard InChI is InChI=1S/C12H23NO2/c1-4-13-7-8-15-12(9-13)11(14)6-5-10(2)3/h11-12,14H,2,4-9H2,1,3H3. The minimum atomic E-state index is -0.351. The van der Waals surface area contributed by atoms with Crippen molar-refractivity contribution in [3.05, 3.63) is 12.2 Å². The molecule has 0 aromatic carbocycles. The van der Waals surface area contributed by atoms with Gasteiger partial charge in [0.25, 0.3) is 0 Å². The van der Waals surface area contributed by atoms with E-state index in [9.17, 15) is 5.11 Å². The van der Waals surface area contributed by atoms with Crippen LogP contribution in [0.4, 0.5) is 0 Å². The molecule has 3 heteroatoms. The topological polar surface area (TPSA) is 32.7 Å². The summed E-state index contributed by atoms with van der Waals surface area (Å²) in [7, 11) is 0. The van der Waals surface area contributed by atoms with Gasteiger partial charge in [0.15, 0.2) is 0 Å². The summed E-state index contributed by atoms with van der Waals surface area (Å²) in [6, 6.07) is 0. The van der Waals surface area contributed by atoms with E-state index in [4.69, 9.17) is 4.74 Å². The monoisotopic (exact) mass is 213 g/mol. The Balaban J connectivity index is 2.31. The van der Waals surface area contributed by atoms with E-state index in [1.807, 2.05) is 6.92 Å². The van der Waals surface area contributed by atoms with Gasteiger partial charge in [0, 0.05) is 13.1 Å². The van der Waals surface area contributed by atoms with Crippen LogP contribution in [0.15, 0.2) is 12.2 Å². The third-order valence-electron chi connectivity index (χ3n) is 2.92. The van der Waals surface area contributed by atoms with Crippen LogP contribution in [-0.4, -0.2) is 48.5 Å². The molecule has 2 unspecified atom stereocenters. The molecule has 2 atom stereocenters. The first kappa shape index (κ1) is 12.7. The predicted octanol–water partition coefficient (Wildman–Crippen LogP) is 1.42. The molecule has 1 fully saturated rings. The first-order valence-corrected chi connectivity index (χ1v) is 5.80. The second kappa shape index (κ2) is 6.26. The van der Waals surface area contributed by atoms with Crippen molar-refractivity contribution in [1.82, 2.24) is 4.90 Å². The highest BCUT2D eigenvalue weighted by atomic mass is 16.5. The largest absolute Gasteiger partial charge is 0.390 e. The lowest BCUT2D eigenvalue weighted by Crippen LogP contribution is -2.47. The molecule has 0 bridgehead atoms. The molecule has 88 valence electrons. The molecule has 1 aliphatic rings. The van der Waals surface area contributed by atoms with E-state index in [0.717, 1.165) is 44.7 Å². The van der Waals surface area contributed by atoms with E-state index < -0.39 is 0 Å². The fraction of sp³-hybridized carbons (Fsp3) is 0.833. The van der Waals surface area contributed by atoms with Gasteiger partial charge < -0.3 is 9.84 Å². The molecule has 0 amide bonds. The Morgan fingerprint density at radius 1 is 1.67 bits per heavy atom. The zero-order valence-electron chi connectivity index (χ0n) is 9.91. The van der Waals surface area contributed by atoms with Gasteiger partial charge in [-0.15, -0.1) is 6.58 Å². The van der Waals surface area contributed by atoms with Gasteiger partial charge in [0.1, 0.15) is 0 Å². The molecular weight excluding hydrogens is 190 g/mol. The van der Waals surface area contributed by atoms with Crippen molar-refractivity contribution in [3.63, 3.8) is 0 Å². The third kappa shape index (κ3) is 4.33. The van der Waals surface area contributed by atoms with Crippen LogP contribution >= 0.6 is 0 Å². The Hall–Kier alpha value is -0.380. The first-order valence-electron chi connectivity index (χ1n) is 5.80. The summed E-state index contributed by atoms with van der Waals surface area (Å²) in [5, 5.41) is 9.94. The quantitative estimate of drug-likeness (QED) is 0.701. The summed E-state index contributed by atoms with van der Waals surface area (Å²) < 4.78 is 5.58. The number of hydrogen-bond donors (Lipinski definition) is 1. The van der Waals surface area contributed by atoms with Gasteiger partial charge >= 0.3 is 0 Å². The van der Waals surface area contributed by atoms with Crippen molar-refractivity contribution in [2.75, 3.05) is 26.2 Å². The number of hydrogen-bond acceptors (Lipinski definition) is 3. The number of aliphatic hydroxyl groups is 1. The van der Waals surface area contributed by atoms with Crippen LogP contribution in [-0.2, 0) is 4.74 Å². The average molecular weight is 213 g/mol. The van der Waals surface area contributed by atoms with E-state index in [2.05, 4.69) is 18.4 Å². The van der Waals surface area contributed by atoms with Crippen LogP contribution < -0.4 is 0 Å². The second-order valence-electron chi connectivity index (χ2n) is 4.37. The first-order chi connectivity index (χ1) is 7.13. The van der Waals surface area contributed by atoms with Crippen LogP contribution in [0.3, 0.4) is 0 Å². The fourth-order valence-electron chi connectivity index (χ4n) is 1.83. The zero-order chi connectivity index (χ0) is 11.3. The van der Waals surface area contributed by atoms with Gasteiger partial charge in [-0.1, -0.05) is 12.5 Å². The SMILES string of the molecule is C=C(C)CCC(O)C1CN(CC)CCO1. The van der Waals surface area contributed by atoms with E-state index in [1.54, 1.807) is 0 Å². The molecule has 1 N–H and O–H groups in total. The van der Waals surface area contributed by atoms with E-state index in [-0.39, 0.29) is 12.2 Å². The molecule has 0 aromatic rings. The summed E-state index contributed by atoms with van der Waals surface area (Å²) in [6.07, 6.45) is 1.28. The van der Waals surface area contributed by atoms with Crippen LogP contribution in [0.2, 0.25) is 0 Å². The highest BCUT2D eigenvalue weighted by Crippen LogP contribution is 2.14. The summed E-state index contributed by atoms with van der Waals surface area (Å²) >= 11 is 0. The third-order valence-corrected chi connectivity index (χ3v) is 2.92. The van der Waals surface area contributed by atoms with Crippen molar-refractivity contribution >= 4 is 0 Å². The molecule has 3 nitrogen and oxygen atoms in total. The highest BCUT2D eigenvalue weighted by Gasteiger charge is 2.25. The predicted molar refractivity (Wildman–Crippen MR) is 61.9 cm³/mol. The minimum Gasteiger partial charge on any atom is -0.390 e. The molecule has 1 saturated heterocycles. The Kier molecular flexibility index (Phi) is 5.29. The molecule has 1 heterocycles. The molecule has 0 saturated carbocycles. The molecule has 15 heavy (non-hydrogen) atoms. The Morgan fingerprint density at radius 3 is 3.00 bits per heavy atom. The lowest BCUT2D eigenvalue weighted by Gasteiger charge is -2.34. The summed E-state index contributed by atoms with van der Waals surface area (Å²) in [5.41, 5.74) is 1.12. The van der Waals surface area contributed by atoms with Crippen molar-refractivity contribution in [2.45, 2.75) is 38.9 Å². The van der Waals surface area contributed by atoms with Crippen LogP contribution in [0, 0.1) is 0 Å². The number of aliphatic hydroxyl groups excluding tert-OH is 1. The van der Waals surface area contributed by atoms with Crippen molar-refractivity contribution in [2.24, 2.45) is 0 Å². The Labute approximate surface area is 92.7 Å². The number of rotatable bonds is 5. The van der Waals surface area contributed by atoms with Gasteiger partial charge in [0.05, 0.1) is 18.8 Å². The second-order valence-corrected chi connectivity index (χ2v) is 4.37. The van der Waals surface area contributed by atoms with E-state index >= 15 is 0 Å². The maximum Gasteiger partial charge on any atom is 0.0961 e. The minimum absolute atomic E-state index is 0.0157. The number of allylic oxidation sites excluding steroid dienone is 1. The van der Waals surface area contributed by atoms with E-state index in [1.165, 1.54) is 0 Å². The smallest absolute Gasteiger partial charge is 0.0961 e. The Morgan fingerprint density at radius 2 is 2.40 bits per heavy atom. The molecule has 1 aliphatic heterocycles. The maximum absolute atomic E-state index is 9.94. The highest BCUT2D eigenvalue weighted by molar-refractivity contribution is 4.89. The van der Waals surface area contributed by atoms with Gasteiger partial charge in [-0.2, -0.15) is 0 Å². The van der Waals surface area contributed by atoms with Crippen molar-refractivity contribution < 1.29 is 9.84 Å². The van der Waals surface area contributed by atoms with Crippen molar-refractivity contribution in [3.8, 4) is 0 Å². The lowest BCUT2D eigenvalue weighted by molar-refractivity contribution is -0.0890. The van der Waals surface area contributed by atoms with Gasteiger partial charge in [-0.25, -0.2) is 0 Å². The number of likely N-dealkylation sites (N-methyl/N-ethyl adjacent to an activating group) is 1. The molecule has 0 aromatic heterocycles. The summed E-state index contributed by atoms with van der Waals surface area (Å²) in [6.45, 7) is 11.6. The zero-order valence-corrected chi connectivity index (χ0v) is 9.91. The van der Waals surface area contributed by atoms with Crippen LogP contribution in [0.1, 0.15) is 26.7 Å². The van der Waals surface area contributed by atoms with E-state index in [0.29, 0.717) is 0 Å². The number of ether oxygens (including phenoxy) is 1. The summed E-state index contributed by atoms with van der Waals surface area (Å²) in [4.78, 5) is 2.32. The number of nitrogens with zero attached hydrogens (tertiary/aromatic N) is 1. The lowest BCUT2D eigenvalue weighted by atomic mass is 10.0. The molecular formula is C12H23NO2. The normalized spacial score (nSPS) is 25.1. The van der Waals surface area contributed by atoms with Gasteiger partial charge in [0.2, 0.25) is 0 Å². The molecule has 0 spiro atoms. The summed E-state index contributed by atoms with van der Waals surface area (Å²) in [5.74, 6) is 0. The van der Waals surface area contributed by atoms with Gasteiger partial charge in [-0.3, -0.25) is 4.90 Å². The maximum atomic E-state index is 9.94. The molecule has 1 rings (SSSR count). The van der Waals surface area contributed by atoms with Crippen LogP contribution in [0.5, 0.6) is 0 Å². The van der Waals surface area contributed by atoms with Gasteiger partial charge in [-0.05, 0) is 26.3 Å². The van der Waals surface area contributed by atoms with Crippen LogP contribution in [0.25, 0.3) is 0 Å². The molecule has 0 aliphatic carbocycles. The Bertz CT molecular complexity index is 206. The molecule has 0 radical (unpaired) electrons. The number of morpholine rings is 1. The fourth-order valence-corrected chi connectivity index (χ4v) is 1.83.